The standard InChI is InChI=1S/C9H16B3NOS/c10-9(11,12)13-5-7-8-6(1-3-14-7)2-4-15-8/h2,4,7,13H,1,3,5,10-12H2/t7-/m1/s1. The Bertz CT molecular complexity index is 336. The van der Waals surface area contributed by atoms with Crippen molar-refractivity contribution in [2.24, 2.45) is 0 Å². The van der Waals surface area contributed by atoms with E-state index < -0.39 is 0 Å². The molecule has 1 aliphatic rings. The van der Waals surface area contributed by atoms with Crippen LogP contribution in [-0.4, -0.2) is 41.9 Å². The number of fused-ring (bicyclic) bond motifs is 1. The van der Waals surface area contributed by atoms with Crippen LogP contribution in [0.1, 0.15) is 16.5 Å². The lowest BCUT2D eigenvalue weighted by Crippen LogP contribution is -2.49. The maximum atomic E-state index is 5.81. The zero-order valence-electron chi connectivity index (χ0n) is 9.67. The van der Waals surface area contributed by atoms with Crippen molar-refractivity contribution in [2.75, 3.05) is 13.2 Å². The number of hydrogen-bond donors (Lipinski definition) is 1. The summed E-state index contributed by atoms with van der Waals surface area (Å²) in [4.78, 5) is 1.41. The van der Waals surface area contributed by atoms with Gasteiger partial charge in [0.05, 0.1) is 6.61 Å². The second-order valence-electron chi connectivity index (χ2n) is 5.05. The lowest BCUT2D eigenvalue weighted by molar-refractivity contribution is 0.0455. The smallest absolute Gasteiger partial charge is 0.106 e. The SMILES string of the molecule is BC(B)(B)NC[C@H]1OCCc2ccsc21. The monoisotopic (exact) mass is 219 g/mol. The molecule has 0 saturated carbocycles. The molecule has 0 aromatic carbocycles. The van der Waals surface area contributed by atoms with Gasteiger partial charge in [-0.3, -0.25) is 0 Å². The molecule has 1 aromatic rings. The minimum absolute atomic E-state index is 0.165. The fraction of sp³-hybridized carbons (Fsp3) is 0.556. The molecule has 0 spiro atoms. The summed E-state index contributed by atoms with van der Waals surface area (Å²) in [6.45, 7) is 1.78. The molecular weight excluding hydrogens is 203 g/mol. The summed E-state index contributed by atoms with van der Waals surface area (Å²) in [5.74, 6) is 0. The Morgan fingerprint density at radius 1 is 1.53 bits per heavy atom. The molecule has 0 radical (unpaired) electrons. The lowest BCUT2D eigenvalue weighted by Gasteiger charge is -2.28. The Hall–Kier alpha value is -0.185. The van der Waals surface area contributed by atoms with E-state index in [1.165, 1.54) is 10.4 Å². The molecule has 0 saturated heterocycles. The average molecular weight is 219 g/mol. The van der Waals surface area contributed by atoms with Gasteiger partial charge in [-0.1, -0.05) is 5.24 Å². The van der Waals surface area contributed by atoms with Crippen LogP contribution in [0.4, 0.5) is 0 Å². The van der Waals surface area contributed by atoms with E-state index in [0.717, 1.165) is 19.6 Å². The van der Waals surface area contributed by atoms with Crippen LogP contribution in [0.3, 0.4) is 0 Å². The Labute approximate surface area is 98.0 Å². The normalized spacial score (nSPS) is 21.2. The molecule has 0 aliphatic carbocycles. The van der Waals surface area contributed by atoms with Gasteiger partial charge in [-0.15, -0.1) is 11.3 Å². The van der Waals surface area contributed by atoms with E-state index in [2.05, 4.69) is 40.3 Å². The third-order valence-corrected chi connectivity index (χ3v) is 3.63. The predicted molar refractivity (Wildman–Crippen MR) is 73.1 cm³/mol. The Morgan fingerprint density at radius 2 is 2.33 bits per heavy atom. The van der Waals surface area contributed by atoms with E-state index in [1.54, 1.807) is 0 Å². The Morgan fingerprint density at radius 3 is 3.07 bits per heavy atom. The first-order valence-electron chi connectivity index (χ1n) is 5.49. The van der Waals surface area contributed by atoms with Gasteiger partial charge in [0.1, 0.15) is 29.6 Å². The van der Waals surface area contributed by atoms with Crippen LogP contribution in [0.2, 0.25) is 0 Å². The predicted octanol–water partition coefficient (Wildman–Crippen LogP) is -1.54. The molecule has 0 amide bonds. The van der Waals surface area contributed by atoms with Crippen LogP contribution in [0.25, 0.3) is 0 Å². The van der Waals surface area contributed by atoms with Crippen LogP contribution in [0.5, 0.6) is 0 Å². The zero-order chi connectivity index (χ0) is 10.9. The van der Waals surface area contributed by atoms with Gasteiger partial charge in [-0.25, -0.2) is 0 Å². The molecule has 0 unspecified atom stereocenters. The Kier molecular flexibility index (Phi) is 3.28. The summed E-state index contributed by atoms with van der Waals surface area (Å²) in [5, 5.41) is 5.84. The van der Waals surface area contributed by atoms with Crippen LogP contribution in [-0.2, 0) is 11.2 Å². The first kappa shape index (κ1) is 11.3. The van der Waals surface area contributed by atoms with Gasteiger partial charge in [-0.2, -0.15) is 0 Å². The van der Waals surface area contributed by atoms with Gasteiger partial charge in [0.15, 0.2) is 0 Å². The first-order chi connectivity index (χ1) is 7.06. The van der Waals surface area contributed by atoms with E-state index in [9.17, 15) is 0 Å². The highest BCUT2D eigenvalue weighted by atomic mass is 32.1. The minimum atomic E-state index is 0.165. The largest absolute Gasteiger partial charge is 0.371 e. The van der Waals surface area contributed by atoms with Crippen LogP contribution in [0.15, 0.2) is 11.4 Å². The molecule has 0 fully saturated rings. The van der Waals surface area contributed by atoms with Crippen molar-refractivity contribution in [1.29, 1.82) is 0 Å². The highest BCUT2D eigenvalue weighted by molar-refractivity contribution is 7.10. The van der Waals surface area contributed by atoms with E-state index in [1.807, 2.05) is 11.3 Å². The summed E-state index contributed by atoms with van der Waals surface area (Å²) in [7, 11) is 6.56. The summed E-state index contributed by atoms with van der Waals surface area (Å²) in [5.41, 5.74) is 1.48. The number of ether oxygens (including phenoxy) is 1. The van der Waals surface area contributed by atoms with Crippen LogP contribution < -0.4 is 5.32 Å². The van der Waals surface area contributed by atoms with Crippen LogP contribution in [0, 0.1) is 0 Å². The number of rotatable bonds is 3. The highest BCUT2D eigenvalue weighted by Crippen LogP contribution is 2.31. The molecule has 2 rings (SSSR count). The lowest BCUT2D eigenvalue weighted by atomic mass is 9.49. The maximum absolute atomic E-state index is 5.81. The summed E-state index contributed by atoms with van der Waals surface area (Å²) in [6, 6.07) is 2.23. The van der Waals surface area contributed by atoms with E-state index >= 15 is 0 Å². The molecule has 1 aromatic heterocycles. The van der Waals surface area contributed by atoms with Gasteiger partial charge in [-0.05, 0) is 23.4 Å². The van der Waals surface area contributed by atoms with Crippen molar-refractivity contribution in [1.82, 2.24) is 5.32 Å². The molecule has 2 heterocycles. The fourth-order valence-corrected chi connectivity index (χ4v) is 2.78. The number of nitrogens with one attached hydrogen (secondary N) is 1. The third-order valence-electron chi connectivity index (χ3n) is 2.58. The van der Waals surface area contributed by atoms with Gasteiger partial charge < -0.3 is 10.1 Å². The third kappa shape index (κ3) is 2.89. The molecule has 1 N–H and O–H groups in total. The van der Waals surface area contributed by atoms with Crippen molar-refractivity contribution in [3.05, 3.63) is 21.9 Å². The summed E-state index contributed by atoms with van der Waals surface area (Å²) in [6.07, 6.45) is 1.33. The topological polar surface area (TPSA) is 21.3 Å². The minimum Gasteiger partial charge on any atom is -0.371 e. The molecule has 2 nitrogen and oxygen atoms in total. The van der Waals surface area contributed by atoms with Gasteiger partial charge in [0.2, 0.25) is 0 Å². The molecule has 6 heteroatoms. The van der Waals surface area contributed by atoms with Gasteiger partial charge in [0, 0.05) is 11.4 Å². The number of hydrogen-bond acceptors (Lipinski definition) is 3. The van der Waals surface area contributed by atoms with E-state index in [0.29, 0.717) is 0 Å². The first-order valence-corrected chi connectivity index (χ1v) is 6.37. The second-order valence-corrected chi connectivity index (χ2v) is 6.00. The van der Waals surface area contributed by atoms with Crippen molar-refractivity contribution < 1.29 is 4.74 Å². The second kappa shape index (κ2) is 4.36. The molecule has 78 valence electrons. The molecule has 1 aliphatic heterocycles. The zero-order valence-corrected chi connectivity index (χ0v) is 10.5. The van der Waals surface area contributed by atoms with Gasteiger partial charge in [0.25, 0.3) is 0 Å². The summed E-state index contributed by atoms with van der Waals surface area (Å²) >= 11 is 1.82. The van der Waals surface area contributed by atoms with E-state index in [4.69, 9.17) is 4.74 Å². The van der Waals surface area contributed by atoms with Crippen molar-refractivity contribution in [3.63, 3.8) is 0 Å². The van der Waals surface area contributed by atoms with E-state index in [-0.39, 0.29) is 11.3 Å². The van der Waals surface area contributed by atoms with Crippen LogP contribution >= 0.6 is 11.3 Å². The quantitative estimate of drug-likeness (QED) is 0.622. The van der Waals surface area contributed by atoms with Crippen molar-refractivity contribution in [2.45, 2.75) is 17.8 Å². The van der Waals surface area contributed by atoms with Crippen molar-refractivity contribution >= 4 is 34.9 Å². The van der Waals surface area contributed by atoms with Crippen molar-refractivity contribution in [3.8, 4) is 0 Å². The molecule has 15 heavy (non-hydrogen) atoms. The maximum Gasteiger partial charge on any atom is 0.106 e. The molecule has 0 bridgehead atoms. The highest BCUT2D eigenvalue weighted by Gasteiger charge is 2.23. The Balaban J connectivity index is 2.01. The molecule has 1 atom stereocenters. The molecular formula is C9H16B3NOS. The average Bonchev–Trinajstić information content (AvgIpc) is 2.61. The fourth-order valence-electron chi connectivity index (χ4n) is 1.77. The number of thiophene rings is 1. The summed E-state index contributed by atoms with van der Waals surface area (Å²) < 4.78 is 5.81. The van der Waals surface area contributed by atoms with Gasteiger partial charge >= 0.3 is 0 Å².